The molecule has 0 spiro atoms. The van der Waals surface area contributed by atoms with Gasteiger partial charge < -0.3 is 20.6 Å². The minimum Gasteiger partial charge on any atom is -0.393 e. The Bertz CT molecular complexity index is 763. The molecule has 0 aromatic heterocycles. The molecule has 4 fully saturated rings. The number of amides is 1. The van der Waals surface area contributed by atoms with E-state index in [1.54, 1.807) is 0 Å². The molecule has 0 aliphatic heterocycles. The summed E-state index contributed by atoms with van der Waals surface area (Å²) in [6.45, 7) is 6.73. The summed E-state index contributed by atoms with van der Waals surface area (Å²) in [6, 6.07) is 0. The second-order valence-corrected chi connectivity index (χ2v) is 12.7. The minimum atomic E-state index is -0.413. The van der Waals surface area contributed by atoms with Crippen LogP contribution in [0.3, 0.4) is 0 Å². The third-order valence-corrected chi connectivity index (χ3v) is 10.9. The maximum absolute atomic E-state index is 12.1. The van der Waals surface area contributed by atoms with E-state index in [-0.39, 0.29) is 58.4 Å². The van der Waals surface area contributed by atoms with Gasteiger partial charge in [0.1, 0.15) is 0 Å². The Morgan fingerprint density at radius 2 is 1.79 bits per heavy atom. The van der Waals surface area contributed by atoms with Gasteiger partial charge in [-0.15, -0.1) is 12.6 Å². The molecule has 0 aromatic rings. The van der Waals surface area contributed by atoms with Gasteiger partial charge in [0, 0.05) is 6.42 Å². The van der Waals surface area contributed by atoms with E-state index in [2.05, 4.69) is 38.7 Å². The molecule has 4 saturated carbocycles. The molecule has 4 N–H and O–H groups in total. The molecular weight excluding hydrogens is 438 g/mol. The third-order valence-electron chi connectivity index (χ3n) is 10.8. The SMILES string of the molecule is C[C@H](CCC(=O)NCC(=O)S)[C@H]1CC[C@H]2[C@@H]3[C@H](O)C[C@@H]4C[C@H](O)CC[C@]4(C)[C@H]3C[C@H](O)[C@]12C. The number of fused-ring (bicyclic) bond motifs is 5. The van der Waals surface area contributed by atoms with E-state index in [0.717, 1.165) is 51.4 Å². The summed E-state index contributed by atoms with van der Waals surface area (Å²) in [5.41, 5.74) is -0.172. The van der Waals surface area contributed by atoms with Crippen molar-refractivity contribution >= 4 is 23.7 Å². The lowest BCUT2D eigenvalue weighted by atomic mass is 9.43. The van der Waals surface area contributed by atoms with Gasteiger partial charge in [-0.2, -0.15) is 0 Å². The van der Waals surface area contributed by atoms with Gasteiger partial charge in [-0.25, -0.2) is 0 Å². The molecular formula is C26H43NO5S. The standard InChI is InChI=1S/C26H43NO5S/c1-14(4-7-22(31)27-13-23(32)33)17-5-6-18-24-19(12-21(30)26(17,18)3)25(2)9-8-16(28)10-15(25)11-20(24)29/h14-21,24,28-30H,4-13H2,1-3H3,(H,27,31)(H,32,33)/t14-,15+,16-,17-,18+,19+,20-,21+,24+,25+,26-/m1/s1. The predicted molar refractivity (Wildman–Crippen MR) is 129 cm³/mol. The summed E-state index contributed by atoms with van der Waals surface area (Å²) in [6.07, 6.45) is 6.16. The highest BCUT2D eigenvalue weighted by Crippen LogP contribution is 2.68. The molecule has 188 valence electrons. The van der Waals surface area contributed by atoms with Crippen molar-refractivity contribution in [3.63, 3.8) is 0 Å². The first kappa shape index (κ1) is 25.5. The zero-order valence-electron chi connectivity index (χ0n) is 20.4. The lowest BCUT2D eigenvalue weighted by Crippen LogP contribution is -2.62. The van der Waals surface area contributed by atoms with Gasteiger partial charge in [0.05, 0.1) is 24.9 Å². The number of aliphatic hydroxyl groups is 3. The van der Waals surface area contributed by atoms with Gasteiger partial charge in [0.25, 0.3) is 0 Å². The quantitative estimate of drug-likeness (QED) is 0.375. The molecule has 7 heteroatoms. The molecule has 4 aliphatic rings. The normalized spacial score (nSPS) is 47.7. The van der Waals surface area contributed by atoms with Crippen molar-refractivity contribution in [2.45, 2.75) is 96.9 Å². The zero-order chi connectivity index (χ0) is 24.1. The smallest absolute Gasteiger partial charge is 0.220 e. The molecule has 0 bridgehead atoms. The molecule has 0 saturated heterocycles. The summed E-state index contributed by atoms with van der Waals surface area (Å²) in [5.74, 6) is 1.57. The maximum atomic E-state index is 12.1. The summed E-state index contributed by atoms with van der Waals surface area (Å²) in [4.78, 5) is 23.1. The van der Waals surface area contributed by atoms with Crippen LogP contribution in [0.2, 0.25) is 0 Å². The second-order valence-electron chi connectivity index (χ2n) is 12.2. The van der Waals surface area contributed by atoms with Crippen LogP contribution in [0.25, 0.3) is 0 Å². The Labute approximate surface area is 203 Å². The highest BCUT2D eigenvalue weighted by molar-refractivity contribution is 7.96. The average molecular weight is 482 g/mol. The van der Waals surface area contributed by atoms with Gasteiger partial charge in [-0.1, -0.05) is 20.8 Å². The fraction of sp³-hybridized carbons (Fsp3) is 0.923. The van der Waals surface area contributed by atoms with Crippen LogP contribution in [0, 0.1) is 46.3 Å². The number of hydrogen-bond donors (Lipinski definition) is 5. The highest BCUT2D eigenvalue weighted by Gasteiger charge is 2.65. The van der Waals surface area contributed by atoms with Crippen molar-refractivity contribution < 1.29 is 24.9 Å². The first-order valence-electron chi connectivity index (χ1n) is 13.0. The molecule has 6 nitrogen and oxygen atoms in total. The van der Waals surface area contributed by atoms with Crippen molar-refractivity contribution in [3.8, 4) is 0 Å². The monoisotopic (exact) mass is 481 g/mol. The summed E-state index contributed by atoms with van der Waals surface area (Å²) < 4.78 is 0. The van der Waals surface area contributed by atoms with E-state index >= 15 is 0 Å². The number of thiol groups is 1. The van der Waals surface area contributed by atoms with Gasteiger partial charge in [0.2, 0.25) is 11.0 Å². The topological polar surface area (TPSA) is 107 Å². The molecule has 4 aliphatic carbocycles. The lowest BCUT2D eigenvalue weighted by molar-refractivity contribution is -0.207. The molecule has 0 unspecified atom stereocenters. The Morgan fingerprint density at radius 1 is 1.06 bits per heavy atom. The van der Waals surface area contributed by atoms with E-state index in [1.807, 2.05) is 0 Å². The van der Waals surface area contributed by atoms with Crippen LogP contribution in [0.4, 0.5) is 0 Å². The lowest BCUT2D eigenvalue weighted by Gasteiger charge is -2.63. The average Bonchev–Trinajstić information content (AvgIpc) is 3.11. The van der Waals surface area contributed by atoms with Crippen molar-refractivity contribution in [2.75, 3.05) is 6.54 Å². The molecule has 0 radical (unpaired) electrons. The highest BCUT2D eigenvalue weighted by atomic mass is 32.1. The van der Waals surface area contributed by atoms with Gasteiger partial charge >= 0.3 is 0 Å². The third kappa shape index (κ3) is 4.41. The largest absolute Gasteiger partial charge is 0.393 e. The van der Waals surface area contributed by atoms with Crippen LogP contribution in [0.5, 0.6) is 0 Å². The van der Waals surface area contributed by atoms with Gasteiger partial charge in [-0.05, 0) is 97.7 Å². The fourth-order valence-corrected chi connectivity index (χ4v) is 9.03. The van der Waals surface area contributed by atoms with Gasteiger partial charge in [0.15, 0.2) is 0 Å². The Balaban J connectivity index is 1.49. The van der Waals surface area contributed by atoms with E-state index in [4.69, 9.17) is 0 Å². The summed E-state index contributed by atoms with van der Waals surface area (Å²) in [7, 11) is 0. The first-order valence-corrected chi connectivity index (χ1v) is 13.5. The Morgan fingerprint density at radius 3 is 2.48 bits per heavy atom. The van der Waals surface area contributed by atoms with E-state index in [9.17, 15) is 24.9 Å². The van der Waals surface area contributed by atoms with E-state index in [1.165, 1.54) is 0 Å². The van der Waals surface area contributed by atoms with Crippen LogP contribution >= 0.6 is 12.6 Å². The number of aliphatic hydroxyl groups excluding tert-OH is 3. The van der Waals surface area contributed by atoms with Crippen molar-refractivity contribution in [1.82, 2.24) is 5.32 Å². The molecule has 0 heterocycles. The van der Waals surface area contributed by atoms with Crippen LogP contribution < -0.4 is 5.32 Å². The number of hydrogen-bond acceptors (Lipinski definition) is 5. The number of nitrogens with one attached hydrogen (secondary N) is 1. The summed E-state index contributed by atoms with van der Waals surface area (Å²) >= 11 is 3.69. The van der Waals surface area contributed by atoms with Crippen LogP contribution in [-0.4, -0.2) is 51.2 Å². The minimum absolute atomic E-state index is 0.0456. The molecule has 1 amide bonds. The van der Waals surface area contributed by atoms with Crippen molar-refractivity contribution in [1.29, 1.82) is 0 Å². The Hall–Kier alpha value is -0.630. The number of carbonyl (C=O) groups is 2. The molecule has 4 rings (SSSR count). The molecule has 11 atom stereocenters. The number of rotatable bonds is 6. The van der Waals surface area contributed by atoms with E-state index < -0.39 is 6.10 Å². The van der Waals surface area contributed by atoms with Crippen molar-refractivity contribution in [3.05, 3.63) is 0 Å². The zero-order valence-corrected chi connectivity index (χ0v) is 21.3. The van der Waals surface area contributed by atoms with Crippen LogP contribution in [0.15, 0.2) is 0 Å². The van der Waals surface area contributed by atoms with Crippen LogP contribution in [-0.2, 0) is 9.59 Å². The first-order chi connectivity index (χ1) is 15.5. The second kappa shape index (κ2) is 9.44. The fourth-order valence-electron chi connectivity index (χ4n) is 8.95. The van der Waals surface area contributed by atoms with Gasteiger partial charge in [-0.3, -0.25) is 9.59 Å². The molecule has 33 heavy (non-hydrogen) atoms. The molecule has 0 aromatic carbocycles. The van der Waals surface area contributed by atoms with Crippen molar-refractivity contribution in [2.24, 2.45) is 46.3 Å². The number of carbonyl (C=O) groups excluding carboxylic acids is 2. The Kier molecular flexibility index (Phi) is 7.28. The van der Waals surface area contributed by atoms with E-state index in [0.29, 0.717) is 24.2 Å². The summed E-state index contributed by atoms with van der Waals surface area (Å²) in [5, 5.41) is 35.5. The predicted octanol–water partition coefficient (Wildman–Crippen LogP) is 2.94. The maximum Gasteiger partial charge on any atom is 0.220 e. The van der Waals surface area contributed by atoms with Crippen LogP contribution in [0.1, 0.15) is 78.6 Å².